The second-order valence-corrected chi connectivity index (χ2v) is 10.6. The number of carbonyl (C=O) groups is 2. The molecule has 2 amide bonds. The third-order valence-electron chi connectivity index (χ3n) is 7.49. The zero-order valence-corrected chi connectivity index (χ0v) is 24.8. The maximum absolute atomic E-state index is 13.3. The minimum absolute atomic E-state index is 0.243. The van der Waals surface area contributed by atoms with Crippen LogP contribution in [0.2, 0.25) is 0 Å². The molecule has 226 valence electrons. The lowest BCUT2D eigenvalue weighted by Gasteiger charge is -2.18. The number of nitrogens with zero attached hydrogens (tertiary/aromatic N) is 2. The van der Waals surface area contributed by atoms with Crippen molar-refractivity contribution in [3.8, 4) is 16.9 Å². The van der Waals surface area contributed by atoms with Crippen molar-refractivity contribution in [3.63, 3.8) is 0 Å². The Bertz CT molecular complexity index is 1570. The summed E-state index contributed by atoms with van der Waals surface area (Å²) in [5.41, 5.74) is 5.90. The van der Waals surface area contributed by atoms with Crippen LogP contribution >= 0.6 is 0 Å². The molecule has 44 heavy (non-hydrogen) atoms. The number of fused-ring (bicyclic) bond motifs is 1. The summed E-state index contributed by atoms with van der Waals surface area (Å²) in [6.45, 7) is 4.33. The molecule has 1 atom stereocenters. The molecule has 0 aliphatic carbocycles. The van der Waals surface area contributed by atoms with Crippen LogP contribution in [-0.2, 0) is 14.3 Å². The summed E-state index contributed by atoms with van der Waals surface area (Å²) in [5, 5.41) is 13.6. The van der Waals surface area contributed by atoms with Gasteiger partial charge in [-0.2, -0.15) is 0 Å². The normalized spacial score (nSPS) is 13.3. The molecule has 2 N–H and O–H groups in total. The fraction of sp³-hybridized carbons (Fsp3) is 0.250. The first kappa shape index (κ1) is 30.7. The summed E-state index contributed by atoms with van der Waals surface area (Å²) in [4.78, 5) is 31.1. The van der Waals surface area contributed by atoms with E-state index in [-0.39, 0.29) is 5.91 Å². The van der Waals surface area contributed by atoms with Crippen LogP contribution in [0.3, 0.4) is 0 Å². The molecule has 0 radical (unpaired) electrons. The highest BCUT2D eigenvalue weighted by molar-refractivity contribution is 6.08. The zero-order valence-electron chi connectivity index (χ0n) is 24.8. The third-order valence-corrected chi connectivity index (χ3v) is 7.49. The van der Waals surface area contributed by atoms with Crippen LogP contribution in [0.1, 0.15) is 49.1 Å². The molecule has 1 aliphatic heterocycles. The van der Waals surface area contributed by atoms with Crippen molar-refractivity contribution in [2.75, 3.05) is 36.6 Å². The monoisotopic (exact) mass is 591 g/mol. The topological polar surface area (TPSA) is 101 Å². The molecule has 0 saturated carbocycles. The molecule has 8 nitrogen and oxygen atoms in total. The summed E-state index contributed by atoms with van der Waals surface area (Å²) in [5.74, 6) is 0.528. The molecule has 3 aromatic carbocycles. The average molecular weight is 592 g/mol. The first-order chi connectivity index (χ1) is 21.6. The van der Waals surface area contributed by atoms with Gasteiger partial charge in [0.1, 0.15) is 18.5 Å². The Balaban J connectivity index is 1.28. The van der Waals surface area contributed by atoms with Crippen molar-refractivity contribution in [2.45, 2.75) is 32.3 Å². The molecular weight excluding hydrogens is 554 g/mol. The van der Waals surface area contributed by atoms with E-state index in [9.17, 15) is 14.7 Å². The number of nitrogens with one attached hydrogen (secondary N) is 1. The molecular formula is C36H37N3O5. The summed E-state index contributed by atoms with van der Waals surface area (Å²) < 4.78 is 11.4. The minimum atomic E-state index is -0.857. The number of hydrogen-bond acceptors (Lipinski definition) is 6. The number of carbonyl (C=O) groups excluding carboxylic acids is 2. The standard InChI is InChI=1S/C36H37N3O5/c1-2-3-20-43-21-22-44-32-14-9-26(10-15-32)28-11-16-34-30(23-28)24-29(17-19-39(34)25-40)36(42)38-31-12-7-27(8-13-31)35(41)33-6-4-5-18-37-33/h4-16,18,23-25,35,41H,2-3,17,19-22H2,1H3,(H,38,42)/t35-/m0/s1. The Hall–Kier alpha value is -4.79. The summed E-state index contributed by atoms with van der Waals surface area (Å²) in [7, 11) is 0. The number of aromatic nitrogens is 1. The average Bonchev–Trinajstić information content (AvgIpc) is 3.26. The molecule has 0 fully saturated rings. The largest absolute Gasteiger partial charge is 0.491 e. The summed E-state index contributed by atoms with van der Waals surface area (Å²) in [6.07, 6.45) is 6.00. The van der Waals surface area contributed by atoms with Crippen molar-refractivity contribution in [3.05, 3.63) is 114 Å². The smallest absolute Gasteiger partial charge is 0.251 e. The lowest BCUT2D eigenvalue weighted by Crippen LogP contribution is -2.23. The molecule has 0 spiro atoms. The number of pyridine rings is 1. The Morgan fingerprint density at radius 2 is 1.80 bits per heavy atom. The van der Waals surface area contributed by atoms with Crippen LogP contribution in [0.15, 0.2) is 96.7 Å². The second kappa shape index (κ2) is 15.1. The first-order valence-electron chi connectivity index (χ1n) is 14.9. The van der Waals surface area contributed by atoms with Crippen LogP contribution in [0, 0.1) is 0 Å². The number of rotatable bonds is 13. The molecule has 8 heteroatoms. The van der Waals surface area contributed by atoms with E-state index >= 15 is 0 Å². The predicted octanol–water partition coefficient (Wildman–Crippen LogP) is 6.41. The quantitative estimate of drug-likeness (QED) is 0.138. The third kappa shape index (κ3) is 7.78. The predicted molar refractivity (Wildman–Crippen MR) is 172 cm³/mol. The van der Waals surface area contributed by atoms with E-state index in [1.54, 1.807) is 47.5 Å². The highest BCUT2D eigenvalue weighted by Gasteiger charge is 2.20. The van der Waals surface area contributed by atoms with Crippen molar-refractivity contribution in [2.24, 2.45) is 0 Å². The second-order valence-electron chi connectivity index (χ2n) is 10.6. The zero-order chi connectivity index (χ0) is 30.7. The van der Waals surface area contributed by atoms with E-state index in [4.69, 9.17) is 9.47 Å². The Morgan fingerprint density at radius 1 is 1.00 bits per heavy atom. The summed E-state index contributed by atoms with van der Waals surface area (Å²) in [6, 6.07) is 26.2. The van der Waals surface area contributed by atoms with Crippen molar-refractivity contribution in [1.82, 2.24) is 4.98 Å². The molecule has 1 aromatic heterocycles. The first-order valence-corrected chi connectivity index (χ1v) is 14.9. The molecule has 0 bridgehead atoms. The van der Waals surface area contributed by atoms with Gasteiger partial charge in [-0.1, -0.05) is 49.7 Å². The fourth-order valence-electron chi connectivity index (χ4n) is 5.00. The van der Waals surface area contributed by atoms with E-state index in [0.29, 0.717) is 48.7 Å². The van der Waals surface area contributed by atoms with E-state index in [0.717, 1.165) is 54.0 Å². The van der Waals surface area contributed by atoms with Crippen LogP contribution in [0.4, 0.5) is 11.4 Å². The van der Waals surface area contributed by atoms with Crippen LogP contribution < -0.4 is 15.0 Å². The maximum atomic E-state index is 13.3. The van der Waals surface area contributed by atoms with Crippen LogP contribution in [0.25, 0.3) is 17.2 Å². The number of amides is 2. The summed E-state index contributed by atoms with van der Waals surface area (Å²) >= 11 is 0. The number of unbranched alkanes of at least 4 members (excludes halogenated alkanes) is 1. The molecule has 0 saturated heterocycles. The van der Waals surface area contributed by atoms with Gasteiger partial charge < -0.3 is 24.8 Å². The van der Waals surface area contributed by atoms with Gasteiger partial charge in [-0.3, -0.25) is 14.6 Å². The Kier molecular flexibility index (Phi) is 10.5. The van der Waals surface area contributed by atoms with Gasteiger partial charge in [0.2, 0.25) is 6.41 Å². The highest BCUT2D eigenvalue weighted by Crippen LogP contribution is 2.33. The number of anilines is 2. The van der Waals surface area contributed by atoms with Gasteiger partial charge in [0, 0.05) is 30.6 Å². The lowest BCUT2D eigenvalue weighted by molar-refractivity contribution is -0.113. The minimum Gasteiger partial charge on any atom is -0.491 e. The van der Waals surface area contributed by atoms with Gasteiger partial charge in [-0.05, 0) is 89.7 Å². The van der Waals surface area contributed by atoms with Crippen LogP contribution in [0.5, 0.6) is 5.75 Å². The fourth-order valence-corrected chi connectivity index (χ4v) is 5.00. The Labute approximate surface area is 258 Å². The molecule has 0 unspecified atom stereocenters. The van der Waals surface area contributed by atoms with Gasteiger partial charge >= 0.3 is 0 Å². The van der Waals surface area contributed by atoms with Crippen molar-refractivity contribution < 1.29 is 24.2 Å². The number of aliphatic hydroxyl groups excluding tert-OH is 1. The van der Waals surface area contributed by atoms with Gasteiger partial charge in [0.25, 0.3) is 5.91 Å². The van der Waals surface area contributed by atoms with Gasteiger partial charge in [0.15, 0.2) is 0 Å². The molecule has 5 rings (SSSR count). The molecule has 2 heterocycles. The SMILES string of the molecule is CCCCOCCOc1ccc(-c2ccc3c(c2)C=C(C(=O)Nc2ccc([C@H](O)c4ccccn4)cc2)CCN3C=O)cc1. The van der Waals surface area contributed by atoms with Crippen molar-refractivity contribution >= 4 is 29.8 Å². The van der Waals surface area contributed by atoms with E-state index < -0.39 is 6.10 Å². The van der Waals surface area contributed by atoms with Gasteiger partial charge in [0.05, 0.1) is 18.0 Å². The van der Waals surface area contributed by atoms with E-state index in [2.05, 4.69) is 17.2 Å². The lowest BCUT2D eigenvalue weighted by atomic mass is 10.00. The number of hydrogen-bond donors (Lipinski definition) is 2. The molecule has 4 aromatic rings. The van der Waals surface area contributed by atoms with Gasteiger partial charge in [-0.25, -0.2) is 0 Å². The Morgan fingerprint density at radius 3 is 2.52 bits per heavy atom. The molecule has 1 aliphatic rings. The van der Waals surface area contributed by atoms with Gasteiger partial charge in [-0.15, -0.1) is 0 Å². The number of aliphatic hydroxyl groups is 1. The van der Waals surface area contributed by atoms with E-state index in [1.165, 1.54) is 0 Å². The number of ether oxygens (including phenoxy) is 2. The van der Waals surface area contributed by atoms with E-state index in [1.807, 2.05) is 54.6 Å². The van der Waals surface area contributed by atoms with Crippen LogP contribution in [-0.4, -0.2) is 48.8 Å². The maximum Gasteiger partial charge on any atom is 0.251 e. The van der Waals surface area contributed by atoms with Crippen molar-refractivity contribution in [1.29, 1.82) is 0 Å². The highest BCUT2D eigenvalue weighted by atomic mass is 16.5. The number of benzene rings is 3.